The smallest absolute Gasteiger partial charge is 0.277 e. The lowest BCUT2D eigenvalue weighted by molar-refractivity contribution is -0.119. The maximum absolute atomic E-state index is 12.1. The van der Waals surface area contributed by atoms with Gasteiger partial charge in [0, 0.05) is 12.5 Å². The third-order valence-corrected chi connectivity index (χ3v) is 7.68. The zero-order valence-corrected chi connectivity index (χ0v) is 16.1. The number of carbonyl (C=O) groups excluding carboxylic acids is 1. The number of rotatable bonds is 6. The highest BCUT2D eigenvalue weighted by molar-refractivity contribution is 7.99. The molecule has 140 valence electrons. The molecular formula is C16H25N3O4S2. The lowest BCUT2D eigenvalue weighted by atomic mass is 9.86. The molecule has 1 amide bonds. The van der Waals surface area contributed by atoms with Crippen LogP contribution in [0.5, 0.6) is 0 Å². The Hall–Kier alpha value is -1.09. The van der Waals surface area contributed by atoms with Gasteiger partial charge in [0.25, 0.3) is 5.22 Å². The first-order chi connectivity index (χ1) is 11.9. The second kappa shape index (κ2) is 8.07. The van der Waals surface area contributed by atoms with Crippen LogP contribution in [0.2, 0.25) is 0 Å². The van der Waals surface area contributed by atoms with E-state index in [2.05, 4.69) is 22.4 Å². The Labute approximate surface area is 152 Å². The topological polar surface area (TPSA) is 102 Å². The van der Waals surface area contributed by atoms with Crippen molar-refractivity contribution < 1.29 is 17.6 Å². The van der Waals surface area contributed by atoms with Crippen molar-refractivity contribution in [3.8, 4) is 0 Å². The van der Waals surface area contributed by atoms with Gasteiger partial charge in [0.15, 0.2) is 9.84 Å². The van der Waals surface area contributed by atoms with Crippen molar-refractivity contribution >= 4 is 27.5 Å². The van der Waals surface area contributed by atoms with Gasteiger partial charge in [0.2, 0.25) is 11.8 Å². The maximum Gasteiger partial charge on any atom is 0.277 e. The van der Waals surface area contributed by atoms with Crippen LogP contribution in [0.15, 0.2) is 9.64 Å². The SMILES string of the molecule is C[C@@H]1CCCC[C@H]1NC(=O)CSc1nnc(C[C@@H]2CCS(=O)(=O)C2)o1. The molecule has 0 unspecified atom stereocenters. The van der Waals surface area contributed by atoms with Gasteiger partial charge < -0.3 is 9.73 Å². The van der Waals surface area contributed by atoms with Gasteiger partial charge in [-0.05, 0) is 31.1 Å². The number of nitrogens with zero attached hydrogens (tertiary/aromatic N) is 2. The molecule has 7 nitrogen and oxygen atoms in total. The monoisotopic (exact) mass is 387 g/mol. The molecule has 2 fully saturated rings. The predicted molar refractivity (Wildman–Crippen MR) is 95.0 cm³/mol. The molecule has 1 N–H and O–H groups in total. The number of thioether (sulfide) groups is 1. The summed E-state index contributed by atoms with van der Waals surface area (Å²) in [5.74, 6) is 1.71. The van der Waals surface area contributed by atoms with E-state index in [1.807, 2.05) is 0 Å². The lowest BCUT2D eigenvalue weighted by Gasteiger charge is -2.29. The fourth-order valence-corrected chi connectivity index (χ4v) is 6.02. The first-order valence-electron chi connectivity index (χ1n) is 8.86. The quantitative estimate of drug-likeness (QED) is 0.743. The number of hydrogen-bond acceptors (Lipinski definition) is 7. The highest BCUT2D eigenvalue weighted by Gasteiger charge is 2.29. The largest absolute Gasteiger partial charge is 0.416 e. The molecule has 9 heteroatoms. The van der Waals surface area contributed by atoms with Crippen molar-refractivity contribution in [1.82, 2.24) is 15.5 Å². The summed E-state index contributed by atoms with van der Waals surface area (Å²) < 4.78 is 28.5. The minimum atomic E-state index is -2.90. The molecule has 3 atom stereocenters. The molecule has 1 aromatic rings. The summed E-state index contributed by atoms with van der Waals surface area (Å²) in [5.41, 5.74) is 0. The first kappa shape index (κ1) is 18.7. The second-order valence-corrected chi connectivity index (χ2v) is 10.3. The number of sulfone groups is 1. The Morgan fingerprint density at radius 3 is 2.80 bits per heavy atom. The molecule has 3 rings (SSSR count). The zero-order chi connectivity index (χ0) is 17.9. The van der Waals surface area contributed by atoms with E-state index in [-0.39, 0.29) is 35.1 Å². The van der Waals surface area contributed by atoms with Crippen LogP contribution in [0.1, 0.15) is 44.9 Å². The van der Waals surface area contributed by atoms with Crippen LogP contribution in [-0.4, -0.2) is 47.8 Å². The van der Waals surface area contributed by atoms with Crippen LogP contribution in [0.4, 0.5) is 0 Å². The van der Waals surface area contributed by atoms with E-state index in [4.69, 9.17) is 4.42 Å². The lowest BCUT2D eigenvalue weighted by Crippen LogP contribution is -2.41. The number of carbonyl (C=O) groups is 1. The van der Waals surface area contributed by atoms with Crippen LogP contribution in [0.25, 0.3) is 0 Å². The molecule has 0 radical (unpaired) electrons. The van der Waals surface area contributed by atoms with Crippen molar-refractivity contribution in [1.29, 1.82) is 0 Å². The predicted octanol–water partition coefficient (Wildman–Crippen LogP) is 1.83. The van der Waals surface area contributed by atoms with Crippen molar-refractivity contribution in [2.45, 2.75) is 56.7 Å². The van der Waals surface area contributed by atoms with Gasteiger partial charge in [-0.15, -0.1) is 10.2 Å². The molecule has 1 aromatic heterocycles. The minimum Gasteiger partial charge on any atom is -0.416 e. The summed E-state index contributed by atoms with van der Waals surface area (Å²) in [5, 5.41) is 11.4. The van der Waals surface area contributed by atoms with Crippen molar-refractivity contribution in [3.05, 3.63) is 5.89 Å². The van der Waals surface area contributed by atoms with Crippen LogP contribution in [-0.2, 0) is 21.1 Å². The summed E-state index contributed by atoms with van der Waals surface area (Å²) >= 11 is 1.23. The number of aromatic nitrogens is 2. The Balaban J connectivity index is 1.43. The molecule has 1 saturated carbocycles. The molecule has 0 spiro atoms. The van der Waals surface area contributed by atoms with Crippen LogP contribution >= 0.6 is 11.8 Å². The summed E-state index contributed by atoms with van der Waals surface area (Å²) in [6.45, 7) is 2.19. The first-order valence-corrected chi connectivity index (χ1v) is 11.7. The molecule has 0 bridgehead atoms. The average molecular weight is 388 g/mol. The minimum absolute atomic E-state index is 0.00890. The van der Waals surface area contributed by atoms with Gasteiger partial charge in [-0.3, -0.25) is 4.79 Å². The third kappa shape index (κ3) is 5.44. The van der Waals surface area contributed by atoms with Gasteiger partial charge >= 0.3 is 0 Å². The highest BCUT2D eigenvalue weighted by Crippen LogP contribution is 2.25. The molecule has 25 heavy (non-hydrogen) atoms. The second-order valence-electron chi connectivity index (χ2n) is 7.16. The molecule has 1 aliphatic carbocycles. The van der Waals surface area contributed by atoms with E-state index in [1.54, 1.807) is 0 Å². The van der Waals surface area contributed by atoms with Gasteiger partial charge in [-0.2, -0.15) is 0 Å². The molecule has 0 aromatic carbocycles. The molecule has 1 aliphatic heterocycles. The number of nitrogens with one attached hydrogen (secondary N) is 1. The van der Waals surface area contributed by atoms with Crippen molar-refractivity contribution in [2.75, 3.05) is 17.3 Å². The van der Waals surface area contributed by atoms with E-state index in [0.717, 1.165) is 6.42 Å². The molecular weight excluding hydrogens is 362 g/mol. The summed E-state index contributed by atoms with van der Waals surface area (Å²) in [4.78, 5) is 12.1. The van der Waals surface area contributed by atoms with Gasteiger partial charge in [-0.25, -0.2) is 8.42 Å². The summed E-state index contributed by atoms with van der Waals surface area (Å²) in [7, 11) is -2.90. The Morgan fingerprint density at radius 2 is 2.08 bits per heavy atom. The van der Waals surface area contributed by atoms with Gasteiger partial charge in [-0.1, -0.05) is 31.5 Å². The van der Waals surface area contributed by atoms with Crippen LogP contribution < -0.4 is 5.32 Å². The van der Waals surface area contributed by atoms with E-state index in [9.17, 15) is 13.2 Å². The highest BCUT2D eigenvalue weighted by atomic mass is 32.2. The Kier molecular flexibility index (Phi) is 6.04. The molecule has 1 saturated heterocycles. The standard InChI is InChI=1S/C16H25N3O4S2/c1-11-4-2-3-5-13(11)17-14(20)9-24-16-19-18-15(23-16)8-12-6-7-25(21,22)10-12/h11-13H,2-10H2,1H3,(H,17,20)/t11-,12+,13-/m1/s1. The zero-order valence-electron chi connectivity index (χ0n) is 14.4. The Bertz CT molecular complexity index is 704. The van der Waals surface area contributed by atoms with E-state index < -0.39 is 9.84 Å². The van der Waals surface area contributed by atoms with Gasteiger partial charge in [0.05, 0.1) is 17.3 Å². The van der Waals surface area contributed by atoms with Crippen molar-refractivity contribution in [3.63, 3.8) is 0 Å². The van der Waals surface area contributed by atoms with Crippen molar-refractivity contribution in [2.24, 2.45) is 11.8 Å². The normalized spacial score (nSPS) is 28.8. The maximum atomic E-state index is 12.1. The fourth-order valence-electron chi connectivity index (χ4n) is 3.57. The van der Waals surface area contributed by atoms with Gasteiger partial charge in [0.1, 0.15) is 0 Å². The average Bonchev–Trinajstić information content (AvgIpc) is 3.14. The number of amides is 1. The Morgan fingerprint density at radius 1 is 1.28 bits per heavy atom. The van der Waals surface area contributed by atoms with E-state index in [1.165, 1.54) is 31.0 Å². The number of hydrogen-bond donors (Lipinski definition) is 1. The summed E-state index contributed by atoms with van der Waals surface area (Å²) in [6.07, 6.45) is 5.77. The van der Waals surface area contributed by atoms with Crippen LogP contribution in [0, 0.1) is 11.8 Å². The third-order valence-electron chi connectivity index (χ3n) is 5.02. The fraction of sp³-hybridized carbons (Fsp3) is 0.812. The van der Waals surface area contributed by atoms with Crippen LogP contribution in [0.3, 0.4) is 0 Å². The summed E-state index contributed by atoms with van der Waals surface area (Å²) in [6, 6.07) is 0.268. The molecule has 2 heterocycles. The molecule has 2 aliphatic rings. The van der Waals surface area contributed by atoms with E-state index >= 15 is 0 Å². The van der Waals surface area contributed by atoms with E-state index in [0.29, 0.717) is 29.9 Å².